The highest BCUT2D eigenvalue weighted by atomic mass is 32.2. The summed E-state index contributed by atoms with van der Waals surface area (Å²) >= 11 is 7.32. The summed E-state index contributed by atoms with van der Waals surface area (Å²) in [6, 6.07) is 11.4. The SMILES string of the molecule is CCOC(=O)CSc1nc2c(sc(=S)n2-c2cccc(C(F)(F)F)c2)c(=O)n1-c1ccccc1OC. The van der Waals surface area contributed by atoms with E-state index in [9.17, 15) is 22.8 Å². The molecule has 0 aliphatic carbocycles. The second-order valence-electron chi connectivity index (χ2n) is 7.20. The van der Waals surface area contributed by atoms with E-state index in [1.165, 1.54) is 28.4 Å². The van der Waals surface area contributed by atoms with E-state index in [0.29, 0.717) is 11.4 Å². The van der Waals surface area contributed by atoms with Crippen LogP contribution >= 0.6 is 35.3 Å². The van der Waals surface area contributed by atoms with Gasteiger partial charge in [-0.3, -0.25) is 18.7 Å². The van der Waals surface area contributed by atoms with Gasteiger partial charge in [0.05, 0.1) is 30.7 Å². The molecule has 0 bridgehead atoms. The van der Waals surface area contributed by atoms with Gasteiger partial charge < -0.3 is 9.47 Å². The number of esters is 1. The van der Waals surface area contributed by atoms with Crippen molar-refractivity contribution in [3.8, 4) is 17.1 Å². The molecule has 13 heteroatoms. The predicted octanol–water partition coefficient (Wildman–Crippen LogP) is 5.65. The second-order valence-corrected chi connectivity index (χ2v) is 9.79. The van der Waals surface area contributed by atoms with Crippen molar-refractivity contribution in [1.82, 2.24) is 14.1 Å². The van der Waals surface area contributed by atoms with Gasteiger partial charge in [-0.05, 0) is 49.5 Å². The van der Waals surface area contributed by atoms with Gasteiger partial charge in [-0.15, -0.1) is 0 Å². The normalized spacial score (nSPS) is 11.6. The molecule has 7 nitrogen and oxygen atoms in total. The second kappa shape index (κ2) is 10.4. The van der Waals surface area contributed by atoms with Gasteiger partial charge in [-0.25, -0.2) is 4.98 Å². The van der Waals surface area contributed by atoms with E-state index in [-0.39, 0.29) is 37.5 Å². The molecule has 36 heavy (non-hydrogen) atoms. The fraction of sp³-hybridized carbons (Fsp3) is 0.217. The molecule has 2 aromatic heterocycles. The number of nitrogens with zero attached hydrogens (tertiary/aromatic N) is 3. The summed E-state index contributed by atoms with van der Waals surface area (Å²) in [5.41, 5.74) is -0.773. The number of alkyl halides is 3. The Balaban J connectivity index is 1.99. The monoisotopic (exact) mass is 553 g/mol. The minimum absolute atomic E-state index is 0.0897. The van der Waals surface area contributed by atoms with Crippen molar-refractivity contribution >= 4 is 51.6 Å². The molecule has 0 saturated heterocycles. The zero-order valence-corrected chi connectivity index (χ0v) is 21.3. The third kappa shape index (κ3) is 5.04. The fourth-order valence-corrected chi connectivity index (χ4v) is 5.53. The highest BCUT2D eigenvalue weighted by Gasteiger charge is 2.31. The van der Waals surface area contributed by atoms with Crippen molar-refractivity contribution in [2.75, 3.05) is 19.5 Å². The minimum atomic E-state index is -4.56. The third-order valence-electron chi connectivity index (χ3n) is 4.96. The van der Waals surface area contributed by atoms with Crippen LogP contribution in [0.25, 0.3) is 21.7 Å². The van der Waals surface area contributed by atoms with Gasteiger partial charge in [-0.2, -0.15) is 13.2 Å². The molecule has 4 aromatic rings. The van der Waals surface area contributed by atoms with Crippen LogP contribution in [0.5, 0.6) is 5.75 Å². The number of para-hydroxylation sites is 2. The average molecular weight is 554 g/mol. The largest absolute Gasteiger partial charge is 0.495 e. The van der Waals surface area contributed by atoms with Crippen LogP contribution in [0.1, 0.15) is 12.5 Å². The number of methoxy groups -OCH3 is 1. The van der Waals surface area contributed by atoms with Gasteiger partial charge in [0.25, 0.3) is 5.56 Å². The van der Waals surface area contributed by atoms with Crippen LogP contribution in [0.3, 0.4) is 0 Å². The molecule has 0 saturated carbocycles. The van der Waals surface area contributed by atoms with E-state index in [0.717, 1.165) is 35.2 Å². The first-order valence-corrected chi connectivity index (χ1v) is 12.6. The van der Waals surface area contributed by atoms with Crippen molar-refractivity contribution in [1.29, 1.82) is 0 Å². The lowest BCUT2D eigenvalue weighted by Gasteiger charge is -2.15. The van der Waals surface area contributed by atoms with Crippen LogP contribution in [0.2, 0.25) is 0 Å². The number of hydrogen-bond acceptors (Lipinski definition) is 8. The van der Waals surface area contributed by atoms with Crippen LogP contribution in [0, 0.1) is 3.95 Å². The fourth-order valence-electron chi connectivity index (χ4n) is 3.43. The lowest BCUT2D eigenvalue weighted by Crippen LogP contribution is -2.22. The standard InChI is InChI=1S/C23H18F3N3O4S3/c1-3-33-17(30)12-35-21-27-19-18(20(31)29(21)15-9-4-5-10-16(15)32-2)36-22(34)28(19)14-8-6-7-13(11-14)23(24,25)26/h4-11H,3,12H2,1-2H3. The number of thioether (sulfide) groups is 1. The Morgan fingerprint density at radius 3 is 2.61 bits per heavy atom. The summed E-state index contributed by atoms with van der Waals surface area (Å²) in [5.74, 6) is -0.266. The van der Waals surface area contributed by atoms with Crippen LogP contribution in [0.4, 0.5) is 13.2 Å². The van der Waals surface area contributed by atoms with Gasteiger partial charge in [0.15, 0.2) is 14.8 Å². The zero-order chi connectivity index (χ0) is 26.0. The van der Waals surface area contributed by atoms with Gasteiger partial charge >= 0.3 is 12.1 Å². The van der Waals surface area contributed by atoms with Crippen LogP contribution in [-0.4, -0.2) is 39.6 Å². The van der Waals surface area contributed by atoms with E-state index in [2.05, 4.69) is 4.98 Å². The molecule has 0 fully saturated rings. The van der Waals surface area contributed by atoms with E-state index >= 15 is 0 Å². The van der Waals surface area contributed by atoms with Crippen molar-refractivity contribution in [3.05, 3.63) is 68.4 Å². The Labute approximate surface area is 216 Å². The first-order chi connectivity index (χ1) is 17.2. The summed E-state index contributed by atoms with van der Waals surface area (Å²) in [7, 11) is 1.45. The lowest BCUT2D eigenvalue weighted by molar-refractivity contribution is -0.140. The number of rotatable bonds is 7. The number of ether oxygens (including phenoxy) is 2. The van der Waals surface area contributed by atoms with Gasteiger partial charge in [0, 0.05) is 5.69 Å². The Morgan fingerprint density at radius 1 is 1.17 bits per heavy atom. The van der Waals surface area contributed by atoms with Crippen molar-refractivity contribution < 1.29 is 27.4 Å². The summed E-state index contributed by atoms with van der Waals surface area (Å²) < 4.78 is 53.3. The van der Waals surface area contributed by atoms with Crippen LogP contribution in [0.15, 0.2) is 58.5 Å². The summed E-state index contributed by atoms with van der Waals surface area (Å²) in [6.07, 6.45) is -4.56. The number of benzene rings is 2. The summed E-state index contributed by atoms with van der Waals surface area (Å²) in [6.45, 7) is 1.86. The molecule has 0 N–H and O–H groups in total. The van der Waals surface area contributed by atoms with E-state index < -0.39 is 23.3 Å². The lowest BCUT2D eigenvalue weighted by atomic mass is 10.2. The topological polar surface area (TPSA) is 75.4 Å². The smallest absolute Gasteiger partial charge is 0.416 e. The van der Waals surface area contributed by atoms with E-state index in [1.807, 2.05) is 0 Å². The van der Waals surface area contributed by atoms with Gasteiger partial charge in [-0.1, -0.05) is 41.3 Å². The number of hydrogen-bond donors (Lipinski definition) is 0. The number of fused-ring (bicyclic) bond motifs is 1. The minimum Gasteiger partial charge on any atom is -0.495 e. The summed E-state index contributed by atoms with van der Waals surface area (Å²) in [5, 5.41) is 0.124. The number of halogens is 3. The molecule has 0 aliphatic rings. The maximum atomic E-state index is 13.7. The van der Waals surface area contributed by atoms with Crippen molar-refractivity contribution in [2.45, 2.75) is 18.3 Å². The quantitative estimate of drug-likeness (QED) is 0.127. The summed E-state index contributed by atoms with van der Waals surface area (Å²) in [4.78, 5) is 30.4. The molecule has 0 aliphatic heterocycles. The molecule has 0 unspecified atom stereocenters. The van der Waals surface area contributed by atoms with Gasteiger partial charge in [0.2, 0.25) is 0 Å². The van der Waals surface area contributed by atoms with E-state index in [1.54, 1.807) is 31.2 Å². The third-order valence-corrected chi connectivity index (χ3v) is 7.22. The molecular weight excluding hydrogens is 535 g/mol. The molecule has 0 radical (unpaired) electrons. The highest BCUT2D eigenvalue weighted by molar-refractivity contribution is 7.99. The van der Waals surface area contributed by atoms with E-state index in [4.69, 9.17) is 21.7 Å². The Morgan fingerprint density at radius 2 is 1.92 bits per heavy atom. The van der Waals surface area contributed by atoms with Crippen LogP contribution < -0.4 is 10.3 Å². The predicted molar refractivity (Wildman–Crippen MR) is 134 cm³/mol. The van der Waals surface area contributed by atoms with Crippen molar-refractivity contribution in [2.24, 2.45) is 0 Å². The number of aromatic nitrogens is 3. The Bertz CT molecular complexity index is 1560. The molecular formula is C23H18F3N3O4S3. The number of carbonyl (C=O) groups is 1. The molecule has 0 spiro atoms. The maximum Gasteiger partial charge on any atom is 0.416 e. The molecule has 188 valence electrons. The Hall–Kier alpha value is -3.16. The number of thiazole rings is 1. The molecule has 2 heterocycles. The first kappa shape index (κ1) is 25.9. The van der Waals surface area contributed by atoms with Crippen LogP contribution in [-0.2, 0) is 15.7 Å². The Kier molecular flexibility index (Phi) is 7.52. The zero-order valence-electron chi connectivity index (χ0n) is 18.9. The van der Waals surface area contributed by atoms with Gasteiger partial charge in [0.1, 0.15) is 10.4 Å². The molecule has 2 aromatic carbocycles. The molecule has 0 amide bonds. The molecule has 4 rings (SSSR count). The average Bonchev–Trinajstić information content (AvgIpc) is 3.18. The first-order valence-electron chi connectivity index (χ1n) is 10.4. The number of carbonyl (C=O) groups excluding carboxylic acids is 1. The molecule has 0 atom stereocenters. The highest BCUT2D eigenvalue weighted by Crippen LogP contribution is 2.33. The maximum absolute atomic E-state index is 13.7. The van der Waals surface area contributed by atoms with Crippen molar-refractivity contribution in [3.63, 3.8) is 0 Å².